The number of hydrogen-bond acceptors (Lipinski definition) is 4. The second-order valence-corrected chi connectivity index (χ2v) is 4.12. The standard InChI is InChI=1S/C9H15BrN4/c1-7(3-2-4-11)14-9-12-5-8(10)6-13-9/h5-7H,2-4,11H2,1H3,(H,12,13,14). The molecule has 14 heavy (non-hydrogen) atoms. The first-order valence-electron chi connectivity index (χ1n) is 4.66. The Morgan fingerprint density at radius 1 is 1.50 bits per heavy atom. The number of aromatic nitrogens is 2. The molecule has 0 fully saturated rings. The van der Waals surface area contributed by atoms with Gasteiger partial charge in [0.1, 0.15) is 0 Å². The second kappa shape index (κ2) is 5.93. The second-order valence-electron chi connectivity index (χ2n) is 3.20. The van der Waals surface area contributed by atoms with E-state index in [-0.39, 0.29) is 0 Å². The molecule has 1 heterocycles. The third kappa shape index (κ3) is 4.02. The molecule has 0 aliphatic carbocycles. The molecule has 0 radical (unpaired) electrons. The van der Waals surface area contributed by atoms with Gasteiger partial charge >= 0.3 is 0 Å². The Bertz CT molecular complexity index is 262. The highest BCUT2D eigenvalue weighted by atomic mass is 79.9. The summed E-state index contributed by atoms with van der Waals surface area (Å²) < 4.78 is 0.887. The van der Waals surface area contributed by atoms with Crippen LogP contribution in [0.2, 0.25) is 0 Å². The number of rotatable bonds is 5. The molecule has 1 atom stereocenters. The van der Waals surface area contributed by atoms with Gasteiger partial charge in [-0.05, 0) is 42.2 Å². The van der Waals surface area contributed by atoms with Gasteiger partial charge in [-0.15, -0.1) is 0 Å². The Kier molecular flexibility index (Phi) is 4.82. The molecule has 0 spiro atoms. The summed E-state index contributed by atoms with van der Waals surface area (Å²) in [5.74, 6) is 0.665. The largest absolute Gasteiger partial charge is 0.352 e. The Hall–Kier alpha value is -0.680. The van der Waals surface area contributed by atoms with Crippen molar-refractivity contribution < 1.29 is 0 Å². The lowest BCUT2D eigenvalue weighted by Crippen LogP contribution is -2.18. The molecule has 5 heteroatoms. The molecule has 0 aromatic carbocycles. The summed E-state index contributed by atoms with van der Waals surface area (Å²) in [6.07, 6.45) is 5.51. The minimum atomic E-state index is 0.361. The quantitative estimate of drug-likeness (QED) is 0.846. The van der Waals surface area contributed by atoms with E-state index in [0.717, 1.165) is 23.9 Å². The van der Waals surface area contributed by atoms with E-state index in [2.05, 4.69) is 38.1 Å². The van der Waals surface area contributed by atoms with Crippen molar-refractivity contribution in [2.45, 2.75) is 25.8 Å². The zero-order valence-electron chi connectivity index (χ0n) is 8.20. The normalized spacial score (nSPS) is 12.5. The van der Waals surface area contributed by atoms with E-state index in [4.69, 9.17) is 5.73 Å². The lowest BCUT2D eigenvalue weighted by molar-refractivity contribution is 0.658. The molecule has 0 aliphatic heterocycles. The highest BCUT2D eigenvalue weighted by Crippen LogP contribution is 2.08. The maximum Gasteiger partial charge on any atom is 0.222 e. The van der Waals surface area contributed by atoms with Gasteiger partial charge in [0, 0.05) is 18.4 Å². The van der Waals surface area contributed by atoms with Crippen LogP contribution in [-0.2, 0) is 0 Å². The Labute approximate surface area is 92.5 Å². The molecular formula is C9H15BrN4. The average molecular weight is 259 g/mol. The van der Waals surface area contributed by atoms with E-state index < -0.39 is 0 Å². The molecule has 0 amide bonds. The van der Waals surface area contributed by atoms with Gasteiger partial charge in [-0.2, -0.15) is 0 Å². The summed E-state index contributed by atoms with van der Waals surface area (Å²) in [4.78, 5) is 8.25. The fourth-order valence-corrected chi connectivity index (χ4v) is 1.31. The molecule has 78 valence electrons. The third-order valence-corrected chi connectivity index (χ3v) is 2.25. The van der Waals surface area contributed by atoms with Crippen LogP contribution in [0, 0.1) is 0 Å². The van der Waals surface area contributed by atoms with Crippen LogP contribution in [0.15, 0.2) is 16.9 Å². The summed E-state index contributed by atoms with van der Waals surface area (Å²) >= 11 is 3.28. The Morgan fingerprint density at radius 3 is 2.71 bits per heavy atom. The van der Waals surface area contributed by atoms with E-state index in [1.54, 1.807) is 12.4 Å². The van der Waals surface area contributed by atoms with E-state index in [1.165, 1.54) is 0 Å². The number of hydrogen-bond donors (Lipinski definition) is 2. The molecule has 1 unspecified atom stereocenters. The van der Waals surface area contributed by atoms with Gasteiger partial charge in [0.25, 0.3) is 0 Å². The highest BCUT2D eigenvalue weighted by Gasteiger charge is 2.02. The molecule has 1 aromatic rings. The molecular weight excluding hydrogens is 244 g/mol. The van der Waals surface area contributed by atoms with Crippen LogP contribution in [-0.4, -0.2) is 22.6 Å². The molecule has 3 N–H and O–H groups in total. The van der Waals surface area contributed by atoms with Crippen LogP contribution in [0.4, 0.5) is 5.95 Å². The zero-order chi connectivity index (χ0) is 10.4. The predicted molar refractivity (Wildman–Crippen MR) is 61.1 cm³/mol. The molecule has 0 saturated heterocycles. The predicted octanol–water partition coefficient (Wildman–Crippen LogP) is 1.78. The van der Waals surface area contributed by atoms with Gasteiger partial charge in [0.05, 0.1) is 4.47 Å². The first kappa shape index (κ1) is 11.4. The van der Waals surface area contributed by atoms with E-state index in [9.17, 15) is 0 Å². The lowest BCUT2D eigenvalue weighted by atomic mass is 10.2. The summed E-state index contributed by atoms with van der Waals surface area (Å²) in [6.45, 7) is 2.83. The van der Waals surface area contributed by atoms with Gasteiger partial charge in [-0.1, -0.05) is 0 Å². The number of nitrogens with one attached hydrogen (secondary N) is 1. The molecule has 1 rings (SSSR count). The number of nitrogens with zero attached hydrogens (tertiary/aromatic N) is 2. The monoisotopic (exact) mass is 258 g/mol. The number of nitrogens with two attached hydrogens (primary N) is 1. The SMILES string of the molecule is CC(CCCN)Nc1ncc(Br)cn1. The van der Waals surface area contributed by atoms with Crippen molar-refractivity contribution in [2.24, 2.45) is 5.73 Å². The van der Waals surface area contributed by atoms with Crippen LogP contribution in [0.5, 0.6) is 0 Å². The van der Waals surface area contributed by atoms with Crippen molar-refractivity contribution in [1.29, 1.82) is 0 Å². The Morgan fingerprint density at radius 2 is 2.14 bits per heavy atom. The Balaban J connectivity index is 2.39. The summed E-state index contributed by atoms with van der Waals surface area (Å²) in [7, 11) is 0. The van der Waals surface area contributed by atoms with Crippen molar-refractivity contribution in [3.8, 4) is 0 Å². The number of anilines is 1. The van der Waals surface area contributed by atoms with E-state index in [1.807, 2.05) is 0 Å². The van der Waals surface area contributed by atoms with Crippen molar-refractivity contribution in [3.63, 3.8) is 0 Å². The first-order valence-corrected chi connectivity index (χ1v) is 5.46. The molecule has 0 saturated carbocycles. The van der Waals surface area contributed by atoms with Gasteiger partial charge in [0.2, 0.25) is 5.95 Å². The minimum absolute atomic E-state index is 0.361. The number of halogens is 1. The molecule has 0 bridgehead atoms. The van der Waals surface area contributed by atoms with Crippen LogP contribution < -0.4 is 11.1 Å². The van der Waals surface area contributed by atoms with E-state index in [0.29, 0.717) is 12.0 Å². The van der Waals surface area contributed by atoms with Crippen molar-refractivity contribution >= 4 is 21.9 Å². The zero-order valence-corrected chi connectivity index (χ0v) is 9.79. The minimum Gasteiger partial charge on any atom is -0.352 e. The lowest BCUT2D eigenvalue weighted by Gasteiger charge is -2.12. The van der Waals surface area contributed by atoms with E-state index >= 15 is 0 Å². The maximum absolute atomic E-state index is 5.42. The van der Waals surface area contributed by atoms with Crippen molar-refractivity contribution in [2.75, 3.05) is 11.9 Å². The molecule has 4 nitrogen and oxygen atoms in total. The van der Waals surface area contributed by atoms with Crippen LogP contribution >= 0.6 is 15.9 Å². The van der Waals surface area contributed by atoms with Crippen LogP contribution in [0.25, 0.3) is 0 Å². The fraction of sp³-hybridized carbons (Fsp3) is 0.556. The van der Waals surface area contributed by atoms with Gasteiger partial charge in [-0.3, -0.25) is 0 Å². The van der Waals surface area contributed by atoms with Gasteiger partial charge in [-0.25, -0.2) is 9.97 Å². The highest BCUT2D eigenvalue weighted by molar-refractivity contribution is 9.10. The fourth-order valence-electron chi connectivity index (χ4n) is 1.10. The van der Waals surface area contributed by atoms with Crippen LogP contribution in [0.3, 0.4) is 0 Å². The third-order valence-electron chi connectivity index (χ3n) is 1.84. The van der Waals surface area contributed by atoms with Gasteiger partial charge in [0.15, 0.2) is 0 Å². The summed E-state index contributed by atoms with van der Waals surface area (Å²) in [6, 6.07) is 0.361. The molecule has 1 aromatic heterocycles. The summed E-state index contributed by atoms with van der Waals surface area (Å²) in [5.41, 5.74) is 5.42. The molecule has 0 aliphatic rings. The first-order chi connectivity index (χ1) is 6.72. The van der Waals surface area contributed by atoms with Gasteiger partial charge < -0.3 is 11.1 Å². The van der Waals surface area contributed by atoms with Crippen LogP contribution in [0.1, 0.15) is 19.8 Å². The van der Waals surface area contributed by atoms with Crippen molar-refractivity contribution in [1.82, 2.24) is 9.97 Å². The topological polar surface area (TPSA) is 63.8 Å². The smallest absolute Gasteiger partial charge is 0.222 e. The average Bonchev–Trinajstić information content (AvgIpc) is 2.18. The van der Waals surface area contributed by atoms with Crippen molar-refractivity contribution in [3.05, 3.63) is 16.9 Å². The maximum atomic E-state index is 5.42. The summed E-state index contributed by atoms with van der Waals surface area (Å²) in [5, 5.41) is 3.21.